The van der Waals surface area contributed by atoms with Crippen LogP contribution in [0.25, 0.3) is 0 Å². The number of hydrogen-bond acceptors (Lipinski definition) is 3. The van der Waals surface area contributed by atoms with E-state index in [1.165, 1.54) is 17.9 Å². The molecule has 0 amide bonds. The summed E-state index contributed by atoms with van der Waals surface area (Å²) in [7, 11) is 1.50. The van der Waals surface area contributed by atoms with Gasteiger partial charge in [0.05, 0.1) is 12.2 Å². The Morgan fingerprint density at radius 1 is 1.50 bits per heavy atom. The first kappa shape index (κ1) is 10.7. The molecule has 0 saturated heterocycles. The van der Waals surface area contributed by atoms with Crippen LogP contribution in [-0.4, -0.2) is 16.7 Å². The molecular weight excluding hydrogens is 184 g/mol. The summed E-state index contributed by atoms with van der Waals surface area (Å²) in [5.41, 5.74) is -0.306. The average Bonchev–Trinajstić information content (AvgIpc) is 2.09. The summed E-state index contributed by atoms with van der Waals surface area (Å²) < 4.78 is 6.32. The molecule has 1 aromatic rings. The summed E-state index contributed by atoms with van der Waals surface area (Å²) in [6.45, 7) is 3.95. The zero-order chi connectivity index (χ0) is 10.7. The maximum atomic E-state index is 11.3. The number of H-pyrrole nitrogens is 1. The van der Waals surface area contributed by atoms with Crippen LogP contribution in [0.1, 0.15) is 25.5 Å². The molecule has 0 aromatic carbocycles. The molecule has 0 aliphatic heterocycles. The Bertz CT molecular complexity index is 417. The molecule has 0 aliphatic rings. The monoisotopic (exact) mass is 198 g/mol. The van der Waals surface area contributed by atoms with Gasteiger partial charge < -0.3 is 4.74 Å². The molecule has 0 unspecified atom stereocenters. The number of rotatable bonds is 3. The van der Waals surface area contributed by atoms with E-state index in [1.54, 1.807) is 0 Å². The molecule has 14 heavy (non-hydrogen) atoms. The second-order valence-corrected chi connectivity index (χ2v) is 3.35. The van der Waals surface area contributed by atoms with E-state index in [4.69, 9.17) is 4.74 Å². The van der Waals surface area contributed by atoms with E-state index in [9.17, 15) is 9.59 Å². The normalized spacial score (nSPS) is 10.9. The molecule has 0 saturated carbocycles. The topological polar surface area (TPSA) is 64.1 Å². The molecule has 0 bridgehead atoms. The Labute approximate surface area is 81.3 Å². The molecule has 0 fully saturated rings. The molecular formula is C9H14N2O3. The highest BCUT2D eigenvalue weighted by Gasteiger charge is 2.06. The lowest BCUT2D eigenvalue weighted by atomic mass is 10.3. The third-order valence-electron chi connectivity index (χ3n) is 1.90. The number of aromatic amines is 1. The second kappa shape index (κ2) is 4.23. The van der Waals surface area contributed by atoms with Gasteiger partial charge >= 0.3 is 5.69 Å². The minimum Gasteiger partial charge on any atom is -0.380 e. The third-order valence-corrected chi connectivity index (χ3v) is 1.90. The van der Waals surface area contributed by atoms with Crippen molar-refractivity contribution in [1.82, 2.24) is 9.55 Å². The Balaban J connectivity index is 3.27. The van der Waals surface area contributed by atoms with Gasteiger partial charge in [0.2, 0.25) is 0 Å². The third kappa shape index (κ3) is 2.11. The van der Waals surface area contributed by atoms with E-state index in [1.807, 2.05) is 13.8 Å². The van der Waals surface area contributed by atoms with Gasteiger partial charge in [0.25, 0.3) is 5.56 Å². The lowest BCUT2D eigenvalue weighted by Crippen LogP contribution is -2.32. The Morgan fingerprint density at radius 3 is 2.64 bits per heavy atom. The van der Waals surface area contributed by atoms with Crippen LogP contribution < -0.4 is 11.2 Å². The molecule has 0 atom stereocenters. The van der Waals surface area contributed by atoms with E-state index in [2.05, 4.69) is 4.98 Å². The van der Waals surface area contributed by atoms with Crippen LogP contribution in [0.5, 0.6) is 0 Å². The highest BCUT2D eigenvalue weighted by Crippen LogP contribution is 1.99. The van der Waals surface area contributed by atoms with Crippen LogP contribution in [0.4, 0.5) is 0 Å². The fourth-order valence-electron chi connectivity index (χ4n) is 1.17. The van der Waals surface area contributed by atoms with Gasteiger partial charge in [-0.1, -0.05) is 0 Å². The predicted octanol–water partition coefficient (Wildman–Crippen LogP) is 0.264. The first-order valence-electron chi connectivity index (χ1n) is 4.39. The van der Waals surface area contributed by atoms with E-state index in [-0.39, 0.29) is 23.9 Å². The first-order valence-corrected chi connectivity index (χ1v) is 4.39. The molecule has 0 spiro atoms. The van der Waals surface area contributed by atoms with Gasteiger partial charge in [-0.3, -0.25) is 14.3 Å². The summed E-state index contributed by atoms with van der Waals surface area (Å²) in [6, 6.07) is 0.0231. The van der Waals surface area contributed by atoms with E-state index in [0.29, 0.717) is 5.56 Å². The maximum Gasteiger partial charge on any atom is 0.328 e. The van der Waals surface area contributed by atoms with Crippen molar-refractivity contribution < 1.29 is 4.74 Å². The number of ether oxygens (including phenoxy) is 1. The number of nitrogens with one attached hydrogen (secondary N) is 1. The molecule has 1 rings (SSSR count). The smallest absolute Gasteiger partial charge is 0.328 e. The summed E-state index contributed by atoms with van der Waals surface area (Å²) in [5.74, 6) is 0. The largest absolute Gasteiger partial charge is 0.380 e. The van der Waals surface area contributed by atoms with Gasteiger partial charge in [0, 0.05) is 19.3 Å². The highest BCUT2D eigenvalue weighted by atomic mass is 16.5. The molecule has 1 heterocycles. The number of methoxy groups -OCH3 is 1. The lowest BCUT2D eigenvalue weighted by molar-refractivity contribution is 0.182. The van der Waals surface area contributed by atoms with Crippen LogP contribution >= 0.6 is 0 Å². The van der Waals surface area contributed by atoms with Gasteiger partial charge in [-0.05, 0) is 13.8 Å². The Hall–Kier alpha value is -1.36. The number of nitrogens with zero attached hydrogens (tertiary/aromatic N) is 1. The predicted molar refractivity (Wildman–Crippen MR) is 52.4 cm³/mol. The van der Waals surface area contributed by atoms with Crippen molar-refractivity contribution in [1.29, 1.82) is 0 Å². The maximum absolute atomic E-state index is 11.3. The van der Waals surface area contributed by atoms with Crippen molar-refractivity contribution in [2.24, 2.45) is 0 Å². The molecule has 5 heteroatoms. The van der Waals surface area contributed by atoms with Crippen LogP contribution in [0, 0.1) is 0 Å². The first-order chi connectivity index (χ1) is 6.56. The lowest BCUT2D eigenvalue weighted by Gasteiger charge is -2.09. The fourth-order valence-corrected chi connectivity index (χ4v) is 1.17. The van der Waals surface area contributed by atoms with E-state index >= 15 is 0 Å². The summed E-state index contributed by atoms with van der Waals surface area (Å²) in [5, 5.41) is 0. The van der Waals surface area contributed by atoms with Gasteiger partial charge in [-0.15, -0.1) is 0 Å². The fraction of sp³-hybridized carbons (Fsp3) is 0.556. The van der Waals surface area contributed by atoms with E-state index < -0.39 is 0 Å². The van der Waals surface area contributed by atoms with E-state index in [0.717, 1.165) is 0 Å². The molecule has 0 aliphatic carbocycles. The van der Waals surface area contributed by atoms with Gasteiger partial charge in [0.1, 0.15) is 0 Å². The number of hydrogen-bond donors (Lipinski definition) is 1. The van der Waals surface area contributed by atoms with Gasteiger partial charge in [0.15, 0.2) is 0 Å². The zero-order valence-corrected chi connectivity index (χ0v) is 8.53. The van der Waals surface area contributed by atoms with Crippen molar-refractivity contribution in [3.8, 4) is 0 Å². The molecule has 5 nitrogen and oxygen atoms in total. The SMILES string of the molecule is COCc1cn(C(C)C)c(=O)[nH]c1=O. The Kier molecular flexibility index (Phi) is 3.24. The van der Waals surface area contributed by atoms with Crippen molar-refractivity contribution in [2.45, 2.75) is 26.5 Å². The molecule has 78 valence electrons. The second-order valence-electron chi connectivity index (χ2n) is 3.35. The van der Waals surface area contributed by atoms with Crippen LogP contribution in [0.15, 0.2) is 15.8 Å². The zero-order valence-electron chi connectivity index (χ0n) is 8.53. The van der Waals surface area contributed by atoms with Crippen molar-refractivity contribution in [2.75, 3.05) is 7.11 Å². The Morgan fingerprint density at radius 2 is 2.14 bits per heavy atom. The summed E-state index contributed by atoms with van der Waals surface area (Å²) in [4.78, 5) is 24.8. The van der Waals surface area contributed by atoms with Crippen LogP contribution in [0.2, 0.25) is 0 Å². The van der Waals surface area contributed by atoms with Crippen LogP contribution in [0.3, 0.4) is 0 Å². The summed E-state index contributed by atoms with van der Waals surface area (Å²) in [6.07, 6.45) is 1.54. The van der Waals surface area contributed by atoms with Crippen molar-refractivity contribution >= 4 is 0 Å². The highest BCUT2D eigenvalue weighted by molar-refractivity contribution is 5.03. The quantitative estimate of drug-likeness (QED) is 0.757. The number of aromatic nitrogens is 2. The average molecular weight is 198 g/mol. The minimum atomic E-state index is -0.384. The minimum absolute atomic E-state index is 0.0231. The van der Waals surface area contributed by atoms with Crippen molar-refractivity contribution in [3.63, 3.8) is 0 Å². The van der Waals surface area contributed by atoms with Gasteiger partial charge in [-0.2, -0.15) is 0 Å². The standard InChI is InChI=1S/C9H14N2O3/c1-6(2)11-4-7(5-14-3)8(12)10-9(11)13/h4,6H,5H2,1-3H3,(H,10,12,13). The van der Waals surface area contributed by atoms with Crippen molar-refractivity contribution in [3.05, 3.63) is 32.6 Å². The van der Waals surface area contributed by atoms with Gasteiger partial charge in [-0.25, -0.2) is 4.79 Å². The molecule has 0 radical (unpaired) electrons. The molecule has 1 N–H and O–H groups in total. The summed E-state index contributed by atoms with van der Waals surface area (Å²) >= 11 is 0. The van der Waals surface area contributed by atoms with Crippen LogP contribution in [-0.2, 0) is 11.3 Å². The molecule has 1 aromatic heterocycles.